The van der Waals surface area contributed by atoms with E-state index in [4.69, 9.17) is 0 Å². The molecule has 0 spiro atoms. The van der Waals surface area contributed by atoms with Gasteiger partial charge < -0.3 is 0 Å². The molecular weight excluding hydrogens is 340 g/mol. The SMILES string of the molecule is [SiH3]c1cccc2c1C(C1c3ccccc3-c3ccccc31)c1ccccc1-2. The predicted molar refractivity (Wildman–Crippen MR) is 117 cm³/mol. The molecule has 0 bridgehead atoms. The largest absolute Gasteiger partial charge is 0.0664 e. The molecule has 0 N–H and O–H groups in total. The summed E-state index contributed by atoms with van der Waals surface area (Å²) in [5.41, 5.74) is 11.7. The molecule has 128 valence electrons. The van der Waals surface area contributed by atoms with Crippen molar-refractivity contribution in [3.8, 4) is 22.3 Å². The molecule has 2 aliphatic rings. The van der Waals surface area contributed by atoms with Crippen LogP contribution in [0.25, 0.3) is 22.3 Å². The number of rotatable bonds is 1. The zero-order chi connectivity index (χ0) is 18.0. The van der Waals surface area contributed by atoms with Gasteiger partial charge in [-0.3, -0.25) is 0 Å². The first kappa shape index (κ1) is 15.2. The van der Waals surface area contributed by atoms with E-state index in [0.717, 1.165) is 10.2 Å². The number of fused-ring (bicyclic) bond motifs is 6. The second kappa shape index (κ2) is 5.55. The Morgan fingerprint density at radius 1 is 0.444 bits per heavy atom. The van der Waals surface area contributed by atoms with Crippen LogP contribution in [-0.4, -0.2) is 10.2 Å². The summed E-state index contributed by atoms with van der Waals surface area (Å²) in [7, 11) is 1.08. The zero-order valence-corrected chi connectivity index (χ0v) is 17.3. The Bertz CT molecular complexity index is 1160. The van der Waals surface area contributed by atoms with E-state index >= 15 is 0 Å². The predicted octanol–water partition coefficient (Wildman–Crippen LogP) is 4.60. The van der Waals surface area contributed by atoms with Crippen LogP contribution >= 0.6 is 0 Å². The van der Waals surface area contributed by atoms with Gasteiger partial charge in [-0.05, 0) is 44.5 Å². The Kier molecular flexibility index (Phi) is 3.12. The molecule has 0 heterocycles. The first-order chi connectivity index (χ1) is 13.3. The molecule has 1 unspecified atom stereocenters. The summed E-state index contributed by atoms with van der Waals surface area (Å²) in [5, 5.41) is 1.54. The van der Waals surface area contributed by atoms with Crippen molar-refractivity contribution in [2.75, 3.05) is 0 Å². The maximum atomic E-state index is 2.35. The minimum absolute atomic E-state index is 0.398. The molecule has 0 nitrogen and oxygen atoms in total. The lowest BCUT2D eigenvalue weighted by Gasteiger charge is -2.25. The van der Waals surface area contributed by atoms with Gasteiger partial charge in [0.05, 0.1) is 0 Å². The quantitative estimate of drug-likeness (QED) is 0.435. The molecule has 0 saturated carbocycles. The second-order valence-corrected chi connectivity index (χ2v) is 8.83. The summed E-state index contributed by atoms with van der Waals surface area (Å²) >= 11 is 0. The molecular formula is C26H20Si. The highest BCUT2D eigenvalue weighted by Gasteiger charge is 2.41. The van der Waals surface area contributed by atoms with Gasteiger partial charge in [-0.25, -0.2) is 0 Å². The average molecular weight is 361 g/mol. The maximum Gasteiger partial charge on any atom is 0.0389 e. The molecule has 4 aromatic rings. The van der Waals surface area contributed by atoms with Crippen LogP contribution in [0, 0.1) is 0 Å². The van der Waals surface area contributed by atoms with Crippen molar-refractivity contribution in [1.29, 1.82) is 0 Å². The van der Waals surface area contributed by atoms with Gasteiger partial charge in [0.1, 0.15) is 0 Å². The van der Waals surface area contributed by atoms with Crippen LogP contribution in [0.4, 0.5) is 0 Å². The molecule has 27 heavy (non-hydrogen) atoms. The average Bonchev–Trinajstić information content (AvgIpc) is 3.22. The van der Waals surface area contributed by atoms with E-state index < -0.39 is 0 Å². The molecule has 0 saturated heterocycles. The molecule has 6 rings (SSSR count). The van der Waals surface area contributed by atoms with Crippen molar-refractivity contribution in [3.63, 3.8) is 0 Å². The third kappa shape index (κ3) is 1.98. The Balaban J connectivity index is 1.69. The minimum atomic E-state index is 0.398. The molecule has 0 radical (unpaired) electrons. The van der Waals surface area contributed by atoms with E-state index in [-0.39, 0.29) is 0 Å². The molecule has 0 aliphatic heterocycles. The Labute approximate surface area is 162 Å². The van der Waals surface area contributed by atoms with Crippen molar-refractivity contribution in [1.82, 2.24) is 0 Å². The van der Waals surface area contributed by atoms with Crippen LogP contribution in [0.2, 0.25) is 0 Å². The van der Waals surface area contributed by atoms with E-state index in [1.54, 1.807) is 5.56 Å². The van der Waals surface area contributed by atoms with Crippen molar-refractivity contribution >= 4 is 15.4 Å². The van der Waals surface area contributed by atoms with E-state index in [1.807, 2.05) is 0 Å². The zero-order valence-electron chi connectivity index (χ0n) is 15.3. The first-order valence-electron chi connectivity index (χ1n) is 9.71. The van der Waals surface area contributed by atoms with Gasteiger partial charge in [0, 0.05) is 22.1 Å². The number of hydrogen-bond acceptors (Lipinski definition) is 0. The molecule has 1 heteroatoms. The molecule has 4 aromatic carbocycles. The van der Waals surface area contributed by atoms with Gasteiger partial charge in [0.15, 0.2) is 0 Å². The summed E-state index contributed by atoms with van der Waals surface area (Å²) in [6.45, 7) is 0. The van der Waals surface area contributed by atoms with Crippen molar-refractivity contribution in [3.05, 3.63) is 113 Å². The molecule has 2 aliphatic carbocycles. The normalized spacial score (nSPS) is 16.7. The van der Waals surface area contributed by atoms with Gasteiger partial charge in [-0.15, -0.1) is 0 Å². The fourth-order valence-electron chi connectivity index (χ4n) is 5.40. The molecule has 0 amide bonds. The van der Waals surface area contributed by atoms with Crippen LogP contribution in [0.5, 0.6) is 0 Å². The highest BCUT2D eigenvalue weighted by molar-refractivity contribution is 6.34. The van der Waals surface area contributed by atoms with E-state index in [9.17, 15) is 0 Å². The first-order valence-corrected chi connectivity index (χ1v) is 10.7. The van der Waals surface area contributed by atoms with Crippen LogP contribution < -0.4 is 5.19 Å². The van der Waals surface area contributed by atoms with Crippen molar-refractivity contribution in [2.24, 2.45) is 0 Å². The summed E-state index contributed by atoms with van der Waals surface area (Å²) < 4.78 is 0. The summed E-state index contributed by atoms with van der Waals surface area (Å²) in [5.74, 6) is 0.810. The lowest BCUT2D eigenvalue weighted by molar-refractivity contribution is 0.727. The van der Waals surface area contributed by atoms with Crippen molar-refractivity contribution < 1.29 is 0 Å². The van der Waals surface area contributed by atoms with E-state index in [2.05, 4.69) is 91.0 Å². The third-order valence-corrected chi connectivity index (χ3v) is 7.31. The summed E-state index contributed by atoms with van der Waals surface area (Å²) in [6, 6.07) is 34.0. The molecule has 0 aromatic heterocycles. The van der Waals surface area contributed by atoms with Gasteiger partial charge >= 0.3 is 0 Å². The second-order valence-electron chi connectivity index (χ2n) is 7.75. The standard InChI is InChI=1S/C26H20Si/c27-23-15-7-14-21-18-10-3-6-13-22(18)26(25(21)23)24-19-11-4-1-8-16(19)17-9-2-5-12-20(17)24/h1-15,24,26H,27H3. The lowest BCUT2D eigenvalue weighted by atomic mass is 9.78. The number of benzene rings is 4. The van der Waals surface area contributed by atoms with Crippen LogP contribution in [0.15, 0.2) is 91.0 Å². The summed E-state index contributed by atoms with van der Waals surface area (Å²) in [6.07, 6.45) is 0. The van der Waals surface area contributed by atoms with Gasteiger partial charge in [-0.2, -0.15) is 0 Å². The number of hydrogen-bond donors (Lipinski definition) is 0. The van der Waals surface area contributed by atoms with Crippen LogP contribution in [-0.2, 0) is 0 Å². The molecule has 1 atom stereocenters. The van der Waals surface area contributed by atoms with Gasteiger partial charge in [0.2, 0.25) is 0 Å². The topological polar surface area (TPSA) is 0 Å². The Morgan fingerprint density at radius 3 is 1.48 bits per heavy atom. The summed E-state index contributed by atoms with van der Waals surface area (Å²) in [4.78, 5) is 0. The third-order valence-electron chi connectivity index (χ3n) is 6.44. The monoisotopic (exact) mass is 360 g/mol. The fourth-order valence-corrected chi connectivity index (χ4v) is 6.17. The lowest BCUT2D eigenvalue weighted by Crippen LogP contribution is -2.18. The van der Waals surface area contributed by atoms with E-state index in [1.165, 1.54) is 44.1 Å². The van der Waals surface area contributed by atoms with Gasteiger partial charge in [-0.1, -0.05) is 96.2 Å². The minimum Gasteiger partial charge on any atom is -0.0664 e. The maximum absolute atomic E-state index is 2.35. The Morgan fingerprint density at radius 2 is 0.889 bits per heavy atom. The van der Waals surface area contributed by atoms with Crippen LogP contribution in [0.1, 0.15) is 34.1 Å². The smallest absolute Gasteiger partial charge is 0.0389 e. The fraction of sp³-hybridized carbons (Fsp3) is 0.0769. The van der Waals surface area contributed by atoms with Gasteiger partial charge in [0.25, 0.3) is 0 Å². The van der Waals surface area contributed by atoms with Crippen molar-refractivity contribution in [2.45, 2.75) is 11.8 Å². The highest BCUT2D eigenvalue weighted by atomic mass is 28.1. The van der Waals surface area contributed by atoms with E-state index in [0.29, 0.717) is 11.8 Å². The van der Waals surface area contributed by atoms with Crippen LogP contribution in [0.3, 0.4) is 0 Å². The highest BCUT2D eigenvalue weighted by Crippen LogP contribution is 2.57. The molecule has 0 fully saturated rings. The Hall–Kier alpha value is -2.90.